The molecule has 2 atom stereocenters. The van der Waals surface area contributed by atoms with Crippen LogP contribution in [0.4, 0.5) is 10.5 Å². The highest BCUT2D eigenvalue weighted by atomic mass is 16.6. The Kier molecular flexibility index (Phi) is 8.37. The number of cyclic esters (lactones) is 1. The first-order chi connectivity index (χ1) is 18.0. The van der Waals surface area contributed by atoms with E-state index in [-0.39, 0.29) is 18.4 Å². The average molecular weight is 504 g/mol. The van der Waals surface area contributed by atoms with Gasteiger partial charge in [0.15, 0.2) is 12.1 Å². The lowest BCUT2D eigenvalue weighted by molar-refractivity contribution is -0.126. The van der Waals surface area contributed by atoms with E-state index in [1.807, 2.05) is 30.3 Å². The van der Waals surface area contributed by atoms with E-state index in [9.17, 15) is 14.4 Å². The van der Waals surface area contributed by atoms with Crippen molar-refractivity contribution in [1.29, 1.82) is 0 Å². The van der Waals surface area contributed by atoms with Crippen LogP contribution in [0.15, 0.2) is 78.9 Å². The molecule has 0 radical (unpaired) electrons. The van der Waals surface area contributed by atoms with Crippen molar-refractivity contribution in [3.8, 4) is 5.75 Å². The Morgan fingerprint density at radius 3 is 2.30 bits per heavy atom. The summed E-state index contributed by atoms with van der Waals surface area (Å²) in [5.74, 6) is 0.0574. The zero-order valence-electron chi connectivity index (χ0n) is 20.7. The van der Waals surface area contributed by atoms with Crippen LogP contribution < -0.4 is 15.4 Å². The van der Waals surface area contributed by atoms with Gasteiger partial charge in [-0.25, -0.2) is 4.79 Å². The number of hydrogen-bond donors (Lipinski definition) is 2. The second-order valence-electron chi connectivity index (χ2n) is 8.45. The highest BCUT2D eigenvalue weighted by Gasteiger charge is 2.46. The van der Waals surface area contributed by atoms with Gasteiger partial charge < -0.3 is 24.8 Å². The number of carbonyl (C=O) groups is 3. The zero-order valence-corrected chi connectivity index (χ0v) is 20.7. The number of amides is 3. The zero-order chi connectivity index (χ0) is 26.2. The Bertz CT molecular complexity index is 1210. The molecule has 1 heterocycles. The first-order valence-electron chi connectivity index (χ1n) is 11.8. The van der Waals surface area contributed by atoms with Crippen LogP contribution in [0.25, 0.3) is 0 Å². The van der Waals surface area contributed by atoms with E-state index in [0.29, 0.717) is 35.7 Å². The van der Waals surface area contributed by atoms with E-state index >= 15 is 0 Å². The van der Waals surface area contributed by atoms with Crippen molar-refractivity contribution >= 4 is 23.6 Å². The van der Waals surface area contributed by atoms with Crippen LogP contribution in [0.1, 0.15) is 27.6 Å². The van der Waals surface area contributed by atoms with Gasteiger partial charge in [0.1, 0.15) is 5.75 Å². The Hall–Kier alpha value is -4.37. The quantitative estimate of drug-likeness (QED) is 0.408. The third kappa shape index (κ3) is 6.25. The summed E-state index contributed by atoms with van der Waals surface area (Å²) in [6, 6.07) is 22.2. The summed E-state index contributed by atoms with van der Waals surface area (Å²) in [5.41, 5.74) is 2.57. The number of nitrogens with zero attached hydrogens (tertiary/aromatic N) is 1. The molecule has 3 aromatic carbocycles. The molecule has 0 bridgehead atoms. The Labute approximate surface area is 215 Å². The fourth-order valence-electron chi connectivity index (χ4n) is 4.07. The lowest BCUT2D eigenvalue weighted by Gasteiger charge is -2.24. The number of benzene rings is 3. The monoisotopic (exact) mass is 503 g/mol. The van der Waals surface area contributed by atoms with Gasteiger partial charge >= 0.3 is 6.09 Å². The fourth-order valence-corrected chi connectivity index (χ4v) is 4.07. The third-order valence-corrected chi connectivity index (χ3v) is 6.00. The van der Waals surface area contributed by atoms with Gasteiger partial charge in [-0.3, -0.25) is 14.5 Å². The summed E-state index contributed by atoms with van der Waals surface area (Å²) in [5, 5.41) is 5.66. The molecular weight excluding hydrogens is 474 g/mol. The van der Waals surface area contributed by atoms with E-state index in [0.717, 1.165) is 5.56 Å². The third-order valence-electron chi connectivity index (χ3n) is 6.00. The maximum Gasteiger partial charge on any atom is 0.411 e. The lowest BCUT2D eigenvalue weighted by atomic mass is 10.00. The molecule has 2 N–H and O–H groups in total. The van der Waals surface area contributed by atoms with Gasteiger partial charge in [-0.2, -0.15) is 0 Å². The minimum atomic E-state index is -0.871. The molecule has 1 saturated heterocycles. The highest BCUT2D eigenvalue weighted by Crippen LogP contribution is 2.34. The summed E-state index contributed by atoms with van der Waals surface area (Å²) in [7, 11) is 3.11. The van der Waals surface area contributed by atoms with Crippen LogP contribution in [-0.2, 0) is 20.8 Å². The van der Waals surface area contributed by atoms with Crippen molar-refractivity contribution in [2.24, 2.45) is 0 Å². The van der Waals surface area contributed by atoms with Crippen molar-refractivity contribution in [2.75, 3.05) is 32.7 Å². The second-order valence-corrected chi connectivity index (χ2v) is 8.45. The average Bonchev–Trinajstić information content (AvgIpc) is 3.25. The van der Waals surface area contributed by atoms with E-state index in [1.54, 1.807) is 62.8 Å². The fraction of sp³-hybridized carbons (Fsp3) is 0.250. The van der Waals surface area contributed by atoms with Crippen LogP contribution in [0, 0.1) is 0 Å². The Morgan fingerprint density at radius 1 is 0.946 bits per heavy atom. The molecule has 0 aromatic heterocycles. The van der Waals surface area contributed by atoms with Crippen molar-refractivity contribution in [3.63, 3.8) is 0 Å². The predicted molar refractivity (Wildman–Crippen MR) is 137 cm³/mol. The molecule has 9 heteroatoms. The largest absolute Gasteiger partial charge is 0.497 e. The van der Waals surface area contributed by atoms with Crippen LogP contribution in [0.3, 0.4) is 0 Å². The van der Waals surface area contributed by atoms with Crippen LogP contribution in [0.5, 0.6) is 5.75 Å². The summed E-state index contributed by atoms with van der Waals surface area (Å²) in [6.07, 6.45) is -1.39. The van der Waals surface area contributed by atoms with Crippen LogP contribution in [0.2, 0.25) is 0 Å². The molecule has 3 amide bonds. The molecule has 3 aromatic rings. The molecule has 192 valence electrons. The molecule has 1 fully saturated rings. The minimum Gasteiger partial charge on any atom is -0.497 e. The Balaban J connectivity index is 1.51. The first-order valence-corrected chi connectivity index (χ1v) is 11.8. The number of methoxy groups -OCH3 is 2. The molecule has 0 spiro atoms. The Morgan fingerprint density at radius 2 is 1.65 bits per heavy atom. The molecule has 4 rings (SSSR count). The van der Waals surface area contributed by atoms with Gasteiger partial charge in [0.05, 0.1) is 20.3 Å². The number of carbonyl (C=O) groups excluding carboxylic acids is 3. The summed E-state index contributed by atoms with van der Waals surface area (Å²) in [6.45, 7) is 0.885. The van der Waals surface area contributed by atoms with Crippen LogP contribution in [-0.4, -0.2) is 56.2 Å². The maximum atomic E-state index is 13.2. The number of ether oxygens (including phenoxy) is 3. The normalized spacial score (nSPS) is 16.7. The number of nitrogens with one attached hydrogen (secondary N) is 2. The summed E-state index contributed by atoms with van der Waals surface area (Å²) >= 11 is 0. The SMILES string of the molecule is COCCNC(=O)[C@@H]1[C@H](c2ccc(NC(=O)c3ccc(OC)cc3)cc2)OC(=O)N1Cc1ccccc1. The van der Waals surface area contributed by atoms with E-state index < -0.39 is 18.2 Å². The van der Waals surface area contributed by atoms with Crippen LogP contribution >= 0.6 is 0 Å². The molecule has 37 heavy (non-hydrogen) atoms. The lowest BCUT2D eigenvalue weighted by Crippen LogP contribution is -2.46. The predicted octanol–water partition coefficient (Wildman–Crippen LogP) is 3.77. The molecule has 1 aliphatic rings. The minimum absolute atomic E-state index is 0.231. The molecule has 0 saturated carbocycles. The van der Waals surface area contributed by atoms with Gasteiger partial charge in [0, 0.05) is 24.9 Å². The highest BCUT2D eigenvalue weighted by molar-refractivity contribution is 6.04. The smallest absolute Gasteiger partial charge is 0.411 e. The van der Waals surface area contributed by atoms with Crippen molar-refractivity contribution in [2.45, 2.75) is 18.7 Å². The topological polar surface area (TPSA) is 106 Å². The van der Waals surface area contributed by atoms with Crippen molar-refractivity contribution < 1.29 is 28.6 Å². The summed E-state index contributed by atoms with van der Waals surface area (Å²) < 4.78 is 15.8. The number of rotatable bonds is 10. The van der Waals surface area contributed by atoms with Crippen molar-refractivity contribution in [1.82, 2.24) is 10.2 Å². The molecule has 0 aliphatic carbocycles. The van der Waals surface area contributed by atoms with E-state index in [4.69, 9.17) is 14.2 Å². The van der Waals surface area contributed by atoms with Gasteiger partial charge in [-0.05, 0) is 47.5 Å². The molecule has 9 nitrogen and oxygen atoms in total. The maximum absolute atomic E-state index is 13.2. The first kappa shape index (κ1) is 25.7. The van der Waals surface area contributed by atoms with E-state index in [1.165, 1.54) is 4.90 Å². The number of hydrogen-bond acceptors (Lipinski definition) is 6. The van der Waals surface area contributed by atoms with Gasteiger partial charge in [-0.1, -0.05) is 42.5 Å². The van der Waals surface area contributed by atoms with Gasteiger partial charge in [0.25, 0.3) is 5.91 Å². The second kappa shape index (κ2) is 12.0. The molecular formula is C28H29N3O6. The van der Waals surface area contributed by atoms with E-state index in [2.05, 4.69) is 10.6 Å². The van der Waals surface area contributed by atoms with Gasteiger partial charge in [-0.15, -0.1) is 0 Å². The molecule has 1 aliphatic heterocycles. The number of anilines is 1. The van der Waals surface area contributed by atoms with Gasteiger partial charge in [0.2, 0.25) is 5.91 Å². The summed E-state index contributed by atoms with van der Waals surface area (Å²) in [4.78, 5) is 40.0. The molecule has 0 unspecified atom stereocenters. The van der Waals surface area contributed by atoms with Crippen molar-refractivity contribution in [3.05, 3.63) is 95.6 Å². The standard InChI is InChI=1S/C28H29N3O6/c1-35-17-16-29-27(33)24-25(37-28(34)31(24)18-19-6-4-3-5-7-19)20-8-12-22(13-9-20)30-26(32)21-10-14-23(36-2)15-11-21/h3-15,24-25H,16-18H2,1-2H3,(H,29,33)(H,30,32)/t24-,25-/m0/s1.